The van der Waals surface area contributed by atoms with E-state index < -0.39 is 0 Å². The minimum Gasteiger partial charge on any atom is -0.492 e. The zero-order valence-corrected chi connectivity index (χ0v) is 14.2. The number of amides is 2. The summed E-state index contributed by atoms with van der Waals surface area (Å²) in [6.07, 6.45) is 0. The Morgan fingerprint density at radius 2 is 1.92 bits per heavy atom. The van der Waals surface area contributed by atoms with Crippen molar-refractivity contribution in [2.75, 3.05) is 23.0 Å². The summed E-state index contributed by atoms with van der Waals surface area (Å²) in [7, 11) is 0. The molecule has 7 nitrogen and oxygen atoms in total. The Morgan fingerprint density at radius 1 is 1.12 bits per heavy atom. The zero-order chi connectivity index (χ0) is 17.4. The van der Waals surface area contributed by atoms with Gasteiger partial charge in [0.2, 0.25) is 11.8 Å². The van der Waals surface area contributed by atoms with Gasteiger partial charge < -0.3 is 15.4 Å². The monoisotopic (exact) mass is 346 g/mol. The van der Waals surface area contributed by atoms with Crippen LogP contribution in [0.2, 0.25) is 0 Å². The van der Waals surface area contributed by atoms with Crippen molar-refractivity contribution in [2.24, 2.45) is 0 Å². The van der Waals surface area contributed by atoms with Crippen LogP contribution in [-0.4, -0.2) is 34.4 Å². The molecule has 0 saturated heterocycles. The van der Waals surface area contributed by atoms with E-state index in [9.17, 15) is 9.59 Å². The number of carbonyl (C=O) groups is 2. The molecule has 0 saturated carbocycles. The molecule has 2 N–H and O–H groups in total. The van der Waals surface area contributed by atoms with Gasteiger partial charge in [0.1, 0.15) is 10.8 Å². The number of rotatable bonds is 7. The minimum atomic E-state index is -0.211. The second kappa shape index (κ2) is 8.88. The smallest absolute Gasteiger partial charge is 0.234 e. The molecule has 1 heterocycles. The first-order chi connectivity index (χ1) is 11.6. The molecular formula is C16H18N4O3S. The second-order valence-corrected chi connectivity index (χ2v) is 5.70. The highest BCUT2D eigenvalue weighted by Gasteiger charge is 2.09. The molecule has 0 radical (unpaired) electrons. The molecule has 2 rings (SSSR count). The average molecular weight is 346 g/mol. The Kier molecular flexibility index (Phi) is 6.56. The number of thioether (sulfide) groups is 1. The van der Waals surface area contributed by atoms with Crippen molar-refractivity contribution < 1.29 is 14.3 Å². The van der Waals surface area contributed by atoms with Gasteiger partial charge in [-0.3, -0.25) is 9.59 Å². The second-order valence-electron chi connectivity index (χ2n) is 4.70. The molecule has 0 spiro atoms. The van der Waals surface area contributed by atoms with Crippen molar-refractivity contribution in [1.82, 2.24) is 10.2 Å². The van der Waals surface area contributed by atoms with Crippen LogP contribution in [0.25, 0.3) is 0 Å². The van der Waals surface area contributed by atoms with E-state index in [4.69, 9.17) is 4.74 Å². The fourth-order valence-corrected chi connectivity index (χ4v) is 2.44. The summed E-state index contributed by atoms with van der Waals surface area (Å²) in [4.78, 5) is 23.0. The number of hydrogen-bond acceptors (Lipinski definition) is 6. The number of anilines is 2. The Balaban J connectivity index is 1.88. The van der Waals surface area contributed by atoms with E-state index in [-0.39, 0.29) is 17.6 Å². The number of carbonyl (C=O) groups excluding carboxylic acids is 2. The summed E-state index contributed by atoms with van der Waals surface area (Å²) < 4.78 is 5.47. The molecule has 24 heavy (non-hydrogen) atoms. The van der Waals surface area contributed by atoms with Crippen molar-refractivity contribution in [3.63, 3.8) is 0 Å². The van der Waals surface area contributed by atoms with Crippen LogP contribution in [0.1, 0.15) is 13.8 Å². The summed E-state index contributed by atoms with van der Waals surface area (Å²) in [5.41, 5.74) is 0.636. The molecule has 0 aliphatic heterocycles. The molecule has 0 aliphatic carbocycles. The highest BCUT2D eigenvalue weighted by atomic mass is 32.2. The van der Waals surface area contributed by atoms with Gasteiger partial charge in [-0.1, -0.05) is 23.9 Å². The van der Waals surface area contributed by atoms with Gasteiger partial charge >= 0.3 is 0 Å². The van der Waals surface area contributed by atoms with E-state index >= 15 is 0 Å². The molecule has 2 amide bonds. The first-order valence-corrected chi connectivity index (χ1v) is 8.33. The summed E-state index contributed by atoms with van der Waals surface area (Å²) in [6, 6.07) is 10.6. The molecule has 0 unspecified atom stereocenters. The lowest BCUT2D eigenvalue weighted by Gasteiger charge is -2.10. The van der Waals surface area contributed by atoms with E-state index in [2.05, 4.69) is 20.8 Å². The van der Waals surface area contributed by atoms with Gasteiger partial charge in [-0.25, -0.2) is 0 Å². The van der Waals surface area contributed by atoms with Gasteiger partial charge in [0.05, 0.1) is 18.0 Å². The third-order valence-electron chi connectivity index (χ3n) is 2.76. The number of hydrogen-bond donors (Lipinski definition) is 2. The van der Waals surface area contributed by atoms with Gasteiger partial charge in [-0.05, 0) is 31.2 Å². The van der Waals surface area contributed by atoms with Crippen LogP contribution in [0.15, 0.2) is 41.4 Å². The Bertz CT molecular complexity index is 707. The first-order valence-electron chi connectivity index (χ1n) is 7.34. The van der Waals surface area contributed by atoms with Crippen LogP contribution in [0.5, 0.6) is 5.75 Å². The number of para-hydroxylation sites is 2. The zero-order valence-electron chi connectivity index (χ0n) is 13.4. The number of nitrogens with one attached hydrogen (secondary N) is 2. The molecule has 126 valence electrons. The van der Waals surface area contributed by atoms with Crippen LogP contribution in [0, 0.1) is 0 Å². The third kappa shape index (κ3) is 5.54. The van der Waals surface area contributed by atoms with E-state index in [1.54, 1.807) is 24.3 Å². The molecule has 1 aromatic carbocycles. The lowest BCUT2D eigenvalue weighted by molar-refractivity contribution is -0.114. The van der Waals surface area contributed by atoms with Crippen LogP contribution in [0.3, 0.4) is 0 Å². The molecule has 0 fully saturated rings. The third-order valence-corrected chi connectivity index (χ3v) is 3.68. The van der Waals surface area contributed by atoms with Crippen LogP contribution in [-0.2, 0) is 9.59 Å². The predicted molar refractivity (Wildman–Crippen MR) is 93.3 cm³/mol. The maximum atomic E-state index is 12.1. The largest absolute Gasteiger partial charge is 0.492 e. The van der Waals surface area contributed by atoms with Gasteiger partial charge in [0.15, 0.2) is 5.82 Å². The van der Waals surface area contributed by atoms with Crippen LogP contribution >= 0.6 is 11.8 Å². The fourth-order valence-electron chi connectivity index (χ4n) is 1.82. The van der Waals surface area contributed by atoms with Crippen molar-refractivity contribution in [2.45, 2.75) is 18.9 Å². The average Bonchev–Trinajstić information content (AvgIpc) is 2.56. The van der Waals surface area contributed by atoms with Crippen molar-refractivity contribution in [3.8, 4) is 5.75 Å². The van der Waals surface area contributed by atoms with Gasteiger partial charge in [-0.2, -0.15) is 0 Å². The maximum absolute atomic E-state index is 12.1. The highest BCUT2D eigenvalue weighted by Crippen LogP contribution is 2.24. The molecule has 2 aromatic rings. The molecular weight excluding hydrogens is 328 g/mol. The Labute approximate surface area is 144 Å². The number of ether oxygens (including phenoxy) is 1. The van der Waals surface area contributed by atoms with Gasteiger partial charge in [-0.15, -0.1) is 10.2 Å². The molecule has 0 atom stereocenters. The van der Waals surface area contributed by atoms with E-state index in [1.807, 2.05) is 19.1 Å². The highest BCUT2D eigenvalue weighted by molar-refractivity contribution is 7.99. The molecule has 0 bridgehead atoms. The molecule has 8 heteroatoms. The quantitative estimate of drug-likeness (QED) is 0.749. The molecule has 1 aromatic heterocycles. The van der Waals surface area contributed by atoms with E-state index in [0.717, 1.165) is 0 Å². The molecule has 0 aliphatic rings. The summed E-state index contributed by atoms with van der Waals surface area (Å²) in [5, 5.41) is 13.8. The van der Waals surface area contributed by atoms with Crippen LogP contribution < -0.4 is 15.4 Å². The Morgan fingerprint density at radius 3 is 2.58 bits per heavy atom. The predicted octanol–water partition coefficient (Wildman–Crippen LogP) is 2.56. The lowest BCUT2D eigenvalue weighted by Crippen LogP contribution is -2.15. The topological polar surface area (TPSA) is 93.2 Å². The summed E-state index contributed by atoms with van der Waals surface area (Å²) in [5.74, 6) is 0.825. The van der Waals surface area contributed by atoms with Crippen molar-refractivity contribution >= 4 is 35.1 Å². The maximum Gasteiger partial charge on any atom is 0.234 e. The number of aromatic nitrogens is 2. The Hall–Kier alpha value is -2.61. The lowest BCUT2D eigenvalue weighted by atomic mass is 10.3. The van der Waals surface area contributed by atoms with E-state index in [1.165, 1.54) is 18.7 Å². The number of benzene rings is 1. The fraction of sp³-hybridized carbons (Fsp3) is 0.250. The minimum absolute atomic E-state index is 0.167. The van der Waals surface area contributed by atoms with Gasteiger partial charge in [0, 0.05) is 6.92 Å². The van der Waals surface area contributed by atoms with Crippen LogP contribution in [0.4, 0.5) is 11.5 Å². The van der Waals surface area contributed by atoms with Gasteiger partial charge in [0.25, 0.3) is 0 Å². The SMILES string of the molecule is CCOc1ccccc1NC(=O)CSc1ccc(NC(C)=O)nn1. The summed E-state index contributed by atoms with van der Waals surface area (Å²) in [6.45, 7) is 3.81. The number of nitrogens with zero attached hydrogens (tertiary/aromatic N) is 2. The van der Waals surface area contributed by atoms with Crippen molar-refractivity contribution in [1.29, 1.82) is 0 Å². The van der Waals surface area contributed by atoms with Crippen molar-refractivity contribution in [3.05, 3.63) is 36.4 Å². The first kappa shape index (κ1) is 17.7. The summed E-state index contributed by atoms with van der Waals surface area (Å²) >= 11 is 1.26. The van der Waals surface area contributed by atoms with E-state index in [0.29, 0.717) is 28.9 Å². The normalized spacial score (nSPS) is 10.1. The standard InChI is InChI=1S/C16H18N4O3S/c1-3-23-13-7-5-4-6-12(13)18-15(22)10-24-16-9-8-14(19-20-16)17-11(2)21/h4-9H,3,10H2,1-2H3,(H,18,22)(H,17,19,21).